The number of alkyl halides is 3. The summed E-state index contributed by atoms with van der Waals surface area (Å²) in [5, 5.41) is 9.51. The van der Waals surface area contributed by atoms with E-state index in [2.05, 4.69) is 0 Å². The number of rotatable bonds is 4. The molecular formula is C19H18F3N3O4. The van der Waals surface area contributed by atoms with E-state index in [1.807, 2.05) is 0 Å². The molecule has 0 radical (unpaired) electrons. The highest BCUT2D eigenvalue weighted by Crippen LogP contribution is 2.42. The number of phenols is 1. The summed E-state index contributed by atoms with van der Waals surface area (Å²) in [5.41, 5.74) is 2.30. The molecule has 0 aliphatic carbocycles. The van der Waals surface area contributed by atoms with Crippen molar-refractivity contribution in [3.8, 4) is 5.75 Å². The SMILES string of the molecule is COCN1C(=O)N(c2ccc(N)c(C(F)(F)F)c2)C(=O)[C@@]1(C)c1ccc(O)cc1. The number of hydrogen-bond donors (Lipinski definition) is 2. The number of halogens is 3. The number of carbonyl (C=O) groups is 2. The number of urea groups is 1. The Bertz CT molecular complexity index is 962. The van der Waals surface area contributed by atoms with Gasteiger partial charge in [-0.2, -0.15) is 13.2 Å². The van der Waals surface area contributed by atoms with E-state index in [1.54, 1.807) is 0 Å². The minimum Gasteiger partial charge on any atom is -0.508 e. The van der Waals surface area contributed by atoms with Gasteiger partial charge in [-0.15, -0.1) is 0 Å². The topological polar surface area (TPSA) is 96.1 Å². The Kier molecular flexibility index (Phi) is 4.91. The smallest absolute Gasteiger partial charge is 0.418 e. The first-order valence-electron chi connectivity index (χ1n) is 8.43. The lowest BCUT2D eigenvalue weighted by atomic mass is 9.90. The largest absolute Gasteiger partial charge is 0.508 e. The summed E-state index contributed by atoms with van der Waals surface area (Å²) in [6.45, 7) is 1.18. The monoisotopic (exact) mass is 409 g/mol. The van der Waals surface area contributed by atoms with Gasteiger partial charge in [0.2, 0.25) is 0 Å². The summed E-state index contributed by atoms with van der Waals surface area (Å²) >= 11 is 0. The maximum absolute atomic E-state index is 13.3. The standard InChI is InChI=1S/C19H18F3N3O4/c1-18(11-3-6-13(26)7-4-11)16(27)25(17(28)24(18)10-29-2)12-5-8-15(23)14(9-12)19(20,21)22/h3-9,26H,10,23H2,1-2H3/t18-/m1/s1. The second-order valence-electron chi connectivity index (χ2n) is 6.66. The fraction of sp³-hybridized carbons (Fsp3) is 0.263. The molecule has 0 bridgehead atoms. The third-order valence-corrected chi connectivity index (χ3v) is 4.87. The Balaban J connectivity index is 2.14. The number of nitrogens with two attached hydrogens (primary N) is 1. The number of phenolic OH excluding ortho intramolecular Hbond substituents is 1. The molecule has 1 aliphatic rings. The highest BCUT2D eigenvalue weighted by molar-refractivity contribution is 6.23. The first-order chi connectivity index (χ1) is 13.5. The van der Waals surface area contributed by atoms with E-state index in [1.165, 1.54) is 44.4 Å². The Labute approximate surface area is 164 Å². The summed E-state index contributed by atoms with van der Waals surface area (Å²) in [5.74, 6) is -0.805. The van der Waals surface area contributed by atoms with Gasteiger partial charge in [0.05, 0.1) is 11.3 Å². The van der Waals surface area contributed by atoms with Gasteiger partial charge in [-0.05, 0) is 42.8 Å². The highest BCUT2D eigenvalue weighted by Gasteiger charge is 2.56. The molecule has 3 amide bonds. The summed E-state index contributed by atoms with van der Waals surface area (Å²) in [4.78, 5) is 28.1. The third kappa shape index (κ3) is 3.25. The summed E-state index contributed by atoms with van der Waals surface area (Å²) in [6.07, 6.45) is -4.75. The van der Waals surface area contributed by atoms with Crippen LogP contribution in [0.2, 0.25) is 0 Å². The van der Waals surface area contributed by atoms with Gasteiger partial charge in [-0.25, -0.2) is 9.69 Å². The first kappa shape index (κ1) is 20.5. The number of ether oxygens (including phenoxy) is 1. The Morgan fingerprint density at radius 2 is 1.76 bits per heavy atom. The van der Waals surface area contributed by atoms with Crippen LogP contribution in [0.15, 0.2) is 42.5 Å². The van der Waals surface area contributed by atoms with Crippen LogP contribution in [0.1, 0.15) is 18.1 Å². The van der Waals surface area contributed by atoms with E-state index >= 15 is 0 Å². The average molecular weight is 409 g/mol. The molecule has 0 aromatic heterocycles. The molecule has 0 spiro atoms. The van der Waals surface area contributed by atoms with Crippen LogP contribution in [0.3, 0.4) is 0 Å². The highest BCUT2D eigenvalue weighted by atomic mass is 19.4. The van der Waals surface area contributed by atoms with Crippen molar-refractivity contribution >= 4 is 23.3 Å². The normalized spacial score (nSPS) is 19.9. The zero-order chi connectivity index (χ0) is 21.6. The molecule has 7 nitrogen and oxygen atoms in total. The van der Waals surface area contributed by atoms with Crippen molar-refractivity contribution in [2.45, 2.75) is 18.6 Å². The van der Waals surface area contributed by atoms with E-state index in [0.29, 0.717) is 16.5 Å². The zero-order valence-corrected chi connectivity index (χ0v) is 15.5. The Hall–Kier alpha value is -3.27. The lowest BCUT2D eigenvalue weighted by molar-refractivity contribution is -0.137. The fourth-order valence-electron chi connectivity index (χ4n) is 3.27. The fourth-order valence-corrected chi connectivity index (χ4v) is 3.27. The number of imide groups is 1. The number of anilines is 2. The predicted molar refractivity (Wildman–Crippen MR) is 97.9 cm³/mol. The van der Waals surface area contributed by atoms with Crippen LogP contribution in [-0.4, -0.2) is 35.8 Å². The minimum absolute atomic E-state index is 0.0439. The van der Waals surface area contributed by atoms with Gasteiger partial charge >= 0.3 is 12.2 Å². The van der Waals surface area contributed by atoms with Crippen molar-refractivity contribution in [3.05, 3.63) is 53.6 Å². The van der Waals surface area contributed by atoms with Crippen LogP contribution < -0.4 is 10.6 Å². The maximum Gasteiger partial charge on any atom is 0.418 e. The van der Waals surface area contributed by atoms with Crippen LogP contribution in [-0.2, 0) is 21.2 Å². The average Bonchev–Trinajstić information content (AvgIpc) is 2.84. The van der Waals surface area contributed by atoms with Crippen LogP contribution in [0.25, 0.3) is 0 Å². The number of nitrogens with zero attached hydrogens (tertiary/aromatic N) is 2. The van der Waals surface area contributed by atoms with Crippen molar-refractivity contribution in [1.82, 2.24) is 4.90 Å². The van der Waals surface area contributed by atoms with E-state index < -0.39 is 34.9 Å². The van der Waals surface area contributed by atoms with Crippen LogP contribution in [0.5, 0.6) is 5.75 Å². The third-order valence-electron chi connectivity index (χ3n) is 4.87. The number of carbonyl (C=O) groups excluding carboxylic acids is 2. The van der Waals surface area contributed by atoms with Crippen molar-refractivity contribution in [3.63, 3.8) is 0 Å². The molecule has 2 aromatic carbocycles. The van der Waals surface area contributed by atoms with Gasteiger partial charge in [0, 0.05) is 12.8 Å². The number of benzene rings is 2. The van der Waals surface area contributed by atoms with Crippen molar-refractivity contribution in [1.29, 1.82) is 0 Å². The molecule has 1 atom stereocenters. The maximum atomic E-state index is 13.3. The van der Waals surface area contributed by atoms with E-state index in [-0.39, 0.29) is 18.2 Å². The number of nitrogen functional groups attached to an aromatic ring is 1. The van der Waals surface area contributed by atoms with Gasteiger partial charge in [0.25, 0.3) is 5.91 Å². The number of hydrogen-bond acceptors (Lipinski definition) is 5. The second kappa shape index (κ2) is 6.96. The molecule has 1 heterocycles. The lowest BCUT2D eigenvalue weighted by Crippen LogP contribution is -2.45. The molecule has 29 heavy (non-hydrogen) atoms. The molecular weight excluding hydrogens is 391 g/mol. The molecule has 1 saturated heterocycles. The van der Waals surface area contributed by atoms with Crippen LogP contribution in [0.4, 0.5) is 29.3 Å². The molecule has 2 aromatic rings. The van der Waals surface area contributed by atoms with Gasteiger partial charge in [-0.3, -0.25) is 9.69 Å². The molecule has 1 aliphatic heterocycles. The molecule has 3 N–H and O–H groups in total. The molecule has 3 rings (SSSR count). The quantitative estimate of drug-likeness (QED) is 0.597. The zero-order valence-electron chi connectivity index (χ0n) is 15.5. The number of amides is 3. The summed E-state index contributed by atoms with van der Waals surface area (Å²) in [7, 11) is 1.32. The van der Waals surface area contributed by atoms with Gasteiger partial charge in [-0.1, -0.05) is 12.1 Å². The van der Waals surface area contributed by atoms with Gasteiger partial charge in [0.1, 0.15) is 18.0 Å². The first-order valence-corrected chi connectivity index (χ1v) is 8.43. The predicted octanol–water partition coefficient (Wildman–Crippen LogP) is 3.28. The summed E-state index contributed by atoms with van der Waals surface area (Å²) < 4.78 is 44.8. The van der Waals surface area contributed by atoms with E-state index in [9.17, 15) is 27.9 Å². The van der Waals surface area contributed by atoms with E-state index in [4.69, 9.17) is 10.5 Å². The number of aromatic hydroxyl groups is 1. The minimum atomic E-state index is -4.75. The van der Waals surface area contributed by atoms with Crippen molar-refractivity contribution < 1.29 is 32.6 Å². The van der Waals surface area contributed by atoms with Crippen molar-refractivity contribution in [2.75, 3.05) is 24.5 Å². The van der Waals surface area contributed by atoms with Gasteiger partial charge < -0.3 is 15.6 Å². The second-order valence-corrected chi connectivity index (χ2v) is 6.66. The number of methoxy groups -OCH3 is 1. The summed E-state index contributed by atoms with van der Waals surface area (Å²) in [6, 6.07) is 7.59. The molecule has 1 fully saturated rings. The van der Waals surface area contributed by atoms with Crippen LogP contribution >= 0.6 is 0 Å². The lowest BCUT2D eigenvalue weighted by Gasteiger charge is -2.31. The van der Waals surface area contributed by atoms with Crippen LogP contribution in [0, 0.1) is 0 Å². The molecule has 0 saturated carbocycles. The Morgan fingerprint density at radius 3 is 2.31 bits per heavy atom. The molecule has 10 heteroatoms. The van der Waals surface area contributed by atoms with Gasteiger partial charge in [0.15, 0.2) is 0 Å². The van der Waals surface area contributed by atoms with Crippen molar-refractivity contribution in [2.24, 2.45) is 0 Å². The molecule has 154 valence electrons. The Morgan fingerprint density at radius 1 is 1.14 bits per heavy atom. The van der Waals surface area contributed by atoms with E-state index in [0.717, 1.165) is 11.0 Å². The molecule has 0 unspecified atom stereocenters.